The maximum atomic E-state index is 13.2. The van der Waals surface area contributed by atoms with Gasteiger partial charge in [-0.05, 0) is 60.2 Å². The summed E-state index contributed by atoms with van der Waals surface area (Å²) in [6.07, 6.45) is 1.61. The number of halogens is 1. The minimum atomic E-state index is -0.354. The van der Waals surface area contributed by atoms with Gasteiger partial charge in [-0.3, -0.25) is 14.5 Å². The zero-order valence-electron chi connectivity index (χ0n) is 17.2. The van der Waals surface area contributed by atoms with Crippen LogP contribution in [-0.4, -0.2) is 29.7 Å². The van der Waals surface area contributed by atoms with Gasteiger partial charge in [0.1, 0.15) is 17.3 Å². The van der Waals surface area contributed by atoms with Crippen LogP contribution in [0.25, 0.3) is 6.08 Å². The van der Waals surface area contributed by atoms with Gasteiger partial charge in [0.05, 0.1) is 18.6 Å². The molecular formula is C25H19FN2O3S. The van der Waals surface area contributed by atoms with Crippen molar-refractivity contribution in [2.45, 2.75) is 0 Å². The number of anilines is 1. The smallest absolute Gasteiger partial charge is 0.283 e. The van der Waals surface area contributed by atoms with Crippen LogP contribution in [0.1, 0.15) is 15.9 Å². The van der Waals surface area contributed by atoms with Crippen LogP contribution in [0.5, 0.6) is 5.75 Å². The number of carbonyl (C=O) groups is 2. The van der Waals surface area contributed by atoms with E-state index in [9.17, 15) is 14.0 Å². The Balaban J connectivity index is 1.59. The lowest BCUT2D eigenvalue weighted by Crippen LogP contribution is -2.30. The van der Waals surface area contributed by atoms with Crippen molar-refractivity contribution in [1.29, 1.82) is 0 Å². The number of amides is 1. The second-order valence-electron chi connectivity index (χ2n) is 6.89. The van der Waals surface area contributed by atoms with E-state index in [1.54, 1.807) is 61.7 Å². The van der Waals surface area contributed by atoms with Gasteiger partial charge in [-0.15, -0.1) is 0 Å². The van der Waals surface area contributed by atoms with Crippen molar-refractivity contribution in [1.82, 2.24) is 0 Å². The second kappa shape index (κ2) is 9.62. The summed E-state index contributed by atoms with van der Waals surface area (Å²) in [7, 11) is 1.57. The number of thioether (sulfide) groups is 1. The first-order valence-corrected chi connectivity index (χ1v) is 10.8. The zero-order chi connectivity index (χ0) is 22.5. The molecule has 32 heavy (non-hydrogen) atoms. The number of para-hydroxylation sites is 1. The van der Waals surface area contributed by atoms with E-state index in [2.05, 4.69) is 4.99 Å². The summed E-state index contributed by atoms with van der Waals surface area (Å²) in [5.74, 6) is 0.0427. The molecule has 0 bridgehead atoms. The lowest BCUT2D eigenvalue weighted by atomic mass is 10.1. The third-order valence-electron chi connectivity index (χ3n) is 4.76. The normalized spacial score (nSPS) is 14.6. The zero-order valence-corrected chi connectivity index (χ0v) is 18.0. The molecule has 0 saturated carbocycles. The molecular weight excluding hydrogens is 427 g/mol. The first-order valence-electron chi connectivity index (χ1n) is 9.80. The van der Waals surface area contributed by atoms with Crippen LogP contribution in [0.3, 0.4) is 0 Å². The number of methoxy groups -OCH3 is 1. The molecule has 0 atom stereocenters. The minimum Gasteiger partial charge on any atom is -0.497 e. The monoisotopic (exact) mass is 446 g/mol. The predicted molar refractivity (Wildman–Crippen MR) is 126 cm³/mol. The SMILES string of the molecule is COc1ccc(C(=O)CSC2=N/C(=C/c3ccc(F)cc3)C(=O)N2c2ccccc2)cc1. The molecule has 0 aliphatic carbocycles. The van der Waals surface area contributed by atoms with Crippen molar-refractivity contribution >= 4 is 40.4 Å². The van der Waals surface area contributed by atoms with Crippen molar-refractivity contribution in [3.05, 3.63) is 102 Å². The Morgan fingerprint density at radius 2 is 1.72 bits per heavy atom. The van der Waals surface area contributed by atoms with E-state index >= 15 is 0 Å². The molecule has 5 nitrogen and oxygen atoms in total. The Morgan fingerprint density at radius 1 is 1.03 bits per heavy atom. The number of hydrogen-bond acceptors (Lipinski definition) is 5. The fourth-order valence-corrected chi connectivity index (χ4v) is 4.01. The van der Waals surface area contributed by atoms with E-state index in [0.717, 1.165) is 0 Å². The number of ketones is 1. The lowest BCUT2D eigenvalue weighted by Gasteiger charge is -2.17. The average molecular weight is 447 g/mol. The van der Waals surface area contributed by atoms with E-state index in [4.69, 9.17) is 4.74 Å². The van der Waals surface area contributed by atoms with E-state index in [-0.39, 0.29) is 29.0 Å². The van der Waals surface area contributed by atoms with Crippen LogP contribution in [0.4, 0.5) is 10.1 Å². The van der Waals surface area contributed by atoms with Crippen LogP contribution in [-0.2, 0) is 4.79 Å². The number of nitrogens with zero attached hydrogens (tertiary/aromatic N) is 2. The van der Waals surface area contributed by atoms with Gasteiger partial charge < -0.3 is 4.74 Å². The number of ether oxygens (including phenoxy) is 1. The highest BCUT2D eigenvalue weighted by Gasteiger charge is 2.32. The predicted octanol–water partition coefficient (Wildman–Crippen LogP) is 5.19. The molecule has 0 spiro atoms. The summed E-state index contributed by atoms with van der Waals surface area (Å²) < 4.78 is 18.3. The third kappa shape index (κ3) is 4.78. The van der Waals surface area contributed by atoms with E-state index in [1.165, 1.54) is 28.8 Å². The topological polar surface area (TPSA) is 59.0 Å². The largest absolute Gasteiger partial charge is 0.497 e. The average Bonchev–Trinajstić information content (AvgIpc) is 3.14. The number of hydrogen-bond donors (Lipinski definition) is 0. The van der Waals surface area contributed by atoms with Gasteiger partial charge in [0.25, 0.3) is 5.91 Å². The Kier molecular flexibility index (Phi) is 6.47. The molecule has 0 fully saturated rings. The molecule has 1 heterocycles. The van der Waals surface area contributed by atoms with Gasteiger partial charge in [-0.2, -0.15) is 0 Å². The third-order valence-corrected chi connectivity index (χ3v) is 5.70. The Morgan fingerprint density at radius 3 is 2.38 bits per heavy atom. The number of rotatable bonds is 6. The summed E-state index contributed by atoms with van der Waals surface area (Å²) >= 11 is 1.19. The molecule has 0 saturated heterocycles. The quantitative estimate of drug-likeness (QED) is 0.386. The van der Waals surface area contributed by atoms with Crippen LogP contribution >= 0.6 is 11.8 Å². The van der Waals surface area contributed by atoms with Crippen molar-refractivity contribution in [3.63, 3.8) is 0 Å². The van der Waals surface area contributed by atoms with Crippen molar-refractivity contribution in [2.24, 2.45) is 4.99 Å². The maximum absolute atomic E-state index is 13.2. The summed E-state index contributed by atoms with van der Waals surface area (Å²) in [6, 6.07) is 21.8. The molecule has 0 N–H and O–H groups in total. The van der Waals surface area contributed by atoms with Crippen molar-refractivity contribution < 1.29 is 18.7 Å². The number of benzene rings is 3. The first kappa shape index (κ1) is 21.5. The second-order valence-corrected chi connectivity index (χ2v) is 7.83. The van der Waals surface area contributed by atoms with Gasteiger partial charge in [0.15, 0.2) is 11.0 Å². The number of amidine groups is 1. The van der Waals surface area contributed by atoms with E-state index in [1.807, 2.05) is 18.2 Å². The Hall–Kier alpha value is -3.71. The molecule has 3 aromatic carbocycles. The Bertz CT molecular complexity index is 1190. The van der Waals surface area contributed by atoms with Gasteiger partial charge in [0.2, 0.25) is 0 Å². The molecule has 3 aromatic rings. The molecule has 0 aromatic heterocycles. The van der Waals surface area contributed by atoms with E-state index < -0.39 is 0 Å². The standard InChI is InChI=1S/C25H19FN2O3S/c1-31-21-13-9-18(10-14-21)23(29)16-32-25-27-22(15-17-7-11-19(26)12-8-17)24(30)28(25)20-5-3-2-4-6-20/h2-15H,16H2,1H3/b22-15+. The summed E-state index contributed by atoms with van der Waals surface area (Å²) in [5.41, 5.74) is 2.09. The van der Waals surface area contributed by atoms with Gasteiger partial charge in [-0.1, -0.05) is 42.1 Å². The molecule has 0 radical (unpaired) electrons. The summed E-state index contributed by atoms with van der Waals surface area (Å²) in [4.78, 5) is 31.8. The molecule has 160 valence electrons. The highest BCUT2D eigenvalue weighted by molar-refractivity contribution is 8.14. The van der Waals surface area contributed by atoms with Crippen molar-refractivity contribution in [3.8, 4) is 5.75 Å². The van der Waals surface area contributed by atoms with Gasteiger partial charge in [0, 0.05) is 5.56 Å². The molecule has 4 rings (SSSR count). The highest BCUT2D eigenvalue weighted by Crippen LogP contribution is 2.29. The number of aliphatic imine (C=N–C) groups is 1. The van der Waals surface area contributed by atoms with Crippen molar-refractivity contribution in [2.75, 3.05) is 17.8 Å². The fourth-order valence-electron chi connectivity index (χ4n) is 3.11. The van der Waals surface area contributed by atoms with Gasteiger partial charge in [-0.25, -0.2) is 9.38 Å². The molecule has 1 amide bonds. The van der Waals surface area contributed by atoms with Crippen LogP contribution in [0, 0.1) is 5.82 Å². The van der Waals surface area contributed by atoms with Crippen LogP contribution in [0.2, 0.25) is 0 Å². The lowest BCUT2D eigenvalue weighted by molar-refractivity contribution is -0.113. The molecule has 7 heteroatoms. The summed E-state index contributed by atoms with van der Waals surface area (Å²) in [5, 5.41) is 0.413. The molecule has 0 unspecified atom stereocenters. The first-order chi connectivity index (χ1) is 15.5. The Labute approximate surface area is 189 Å². The van der Waals surface area contributed by atoms with E-state index in [0.29, 0.717) is 27.7 Å². The summed E-state index contributed by atoms with van der Waals surface area (Å²) in [6.45, 7) is 0. The fraction of sp³-hybridized carbons (Fsp3) is 0.0800. The van der Waals surface area contributed by atoms with Gasteiger partial charge >= 0.3 is 0 Å². The molecule has 1 aliphatic rings. The molecule has 1 aliphatic heterocycles. The highest BCUT2D eigenvalue weighted by atomic mass is 32.2. The minimum absolute atomic E-state index is 0.0863. The maximum Gasteiger partial charge on any atom is 0.283 e. The van der Waals surface area contributed by atoms with Crippen LogP contribution in [0.15, 0.2) is 89.6 Å². The van der Waals surface area contributed by atoms with Crippen LogP contribution < -0.4 is 9.64 Å². The number of carbonyl (C=O) groups excluding carboxylic acids is 2. The number of Topliss-reactive ketones (excluding diaryl/α,β-unsaturated/α-hetero) is 1.